The van der Waals surface area contributed by atoms with E-state index in [1.165, 1.54) is 16.9 Å². The zero-order chi connectivity index (χ0) is 13.5. The molecule has 18 heavy (non-hydrogen) atoms. The number of thioether (sulfide) groups is 1. The van der Waals surface area contributed by atoms with Gasteiger partial charge in [0.1, 0.15) is 0 Å². The smallest absolute Gasteiger partial charge is 0.0545 e. The number of halogens is 1. The molecule has 0 unspecified atom stereocenters. The van der Waals surface area contributed by atoms with Gasteiger partial charge in [0.2, 0.25) is 0 Å². The Kier molecular flexibility index (Phi) is 7.13. The van der Waals surface area contributed by atoms with Gasteiger partial charge in [0.15, 0.2) is 0 Å². The molecule has 0 spiro atoms. The first-order valence-electron chi connectivity index (χ1n) is 6.64. The lowest BCUT2D eigenvalue weighted by atomic mass is 10.2. The maximum atomic E-state index is 6.31. The van der Waals surface area contributed by atoms with E-state index >= 15 is 0 Å². The summed E-state index contributed by atoms with van der Waals surface area (Å²) in [5, 5.41) is 4.34. The Labute approximate surface area is 121 Å². The van der Waals surface area contributed by atoms with Crippen LogP contribution in [0, 0.1) is 5.92 Å². The Bertz CT molecular complexity index is 364. The van der Waals surface area contributed by atoms with Crippen molar-refractivity contribution in [3.05, 3.63) is 28.8 Å². The molecule has 0 bridgehead atoms. The number of benzene rings is 1. The molecule has 1 aromatic carbocycles. The lowest BCUT2D eigenvalue weighted by Crippen LogP contribution is -2.22. The summed E-state index contributed by atoms with van der Waals surface area (Å²) < 4.78 is 0. The lowest BCUT2D eigenvalue weighted by Gasteiger charge is -2.14. The van der Waals surface area contributed by atoms with Crippen LogP contribution in [0.3, 0.4) is 0 Å². The zero-order valence-corrected chi connectivity index (χ0v) is 13.4. The van der Waals surface area contributed by atoms with Gasteiger partial charge < -0.3 is 5.32 Å². The molecule has 0 fully saturated rings. The van der Waals surface area contributed by atoms with Crippen LogP contribution in [0.5, 0.6) is 0 Å². The van der Waals surface area contributed by atoms with Crippen molar-refractivity contribution in [2.75, 3.05) is 5.75 Å². The second-order valence-electron chi connectivity index (χ2n) is 5.29. The summed E-state index contributed by atoms with van der Waals surface area (Å²) in [7, 11) is 0. The maximum Gasteiger partial charge on any atom is 0.0545 e. The second-order valence-corrected chi connectivity index (χ2v) is 6.81. The van der Waals surface area contributed by atoms with E-state index < -0.39 is 0 Å². The SMILES string of the molecule is CC(C)CCSc1c(Cl)cccc1CNC(C)C. The summed E-state index contributed by atoms with van der Waals surface area (Å²) in [6, 6.07) is 6.68. The van der Waals surface area contributed by atoms with Crippen molar-refractivity contribution in [1.29, 1.82) is 0 Å². The van der Waals surface area contributed by atoms with E-state index in [4.69, 9.17) is 11.6 Å². The van der Waals surface area contributed by atoms with Crippen molar-refractivity contribution in [2.45, 2.75) is 51.6 Å². The van der Waals surface area contributed by atoms with Gasteiger partial charge in [-0.2, -0.15) is 0 Å². The molecule has 0 radical (unpaired) electrons. The molecule has 0 aliphatic heterocycles. The van der Waals surface area contributed by atoms with Gasteiger partial charge in [0.05, 0.1) is 5.02 Å². The van der Waals surface area contributed by atoms with Gasteiger partial charge >= 0.3 is 0 Å². The van der Waals surface area contributed by atoms with Gasteiger partial charge in [0.25, 0.3) is 0 Å². The van der Waals surface area contributed by atoms with Gasteiger partial charge in [-0.25, -0.2) is 0 Å². The molecule has 102 valence electrons. The molecule has 0 aliphatic carbocycles. The van der Waals surface area contributed by atoms with E-state index in [0.717, 1.165) is 23.2 Å². The summed E-state index contributed by atoms with van der Waals surface area (Å²) in [5.74, 6) is 1.88. The van der Waals surface area contributed by atoms with Crippen molar-refractivity contribution in [1.82, 2.24) is 5.32 Å². The van der Waals surface area contributed by atoms with Crippen molar-refractivity contribution in [2.24, 2.45) is 5.92 Å². The molecule has 0 aromatic heterocycles. The van der Waals surface area contributed by atoms with Crippen molar-refractivity contribution >= 4 is 23.4 Å². The highest BCUT2D eigenvalue weighted by molar-refractivity contribution is 7.99. The Balaban J connectivity index is 2.67. The van der Waals surface area contributed by atoms with E-state index in [2.05, 4.69) is 39.1 Å². The second kappa shape index (κ2) is 8.08. The van der Waals surface area contributed by atoms with Gasteiger partial charge in [-0.1, -0.05) is 51.4 Å². The molecule has 0 atom stereocenters. The van der Waals surface area contributed by atoms with Crippen LogP contribution in [0.4, 0.5) is 0 Å². The number of hydrogen-bond acceptors (Lipinski definition) is 2. The minimum atomic E-state index is 0.498. The summed E-state index contributed by atoms with van der Waals surface area (Å²) in [6.45, 7) is 9.73. The van der Waals surface area contributed by atoms with Crippen LogP contribution < -0.4 is 5.32 Å². The summed E-state index contributed by atoms with van der Waals surface area (Å²) in [5.41, 5.74) is 1.31. The average molecular weight is 286 g/mol. The largest absolute Gasteiger partial charge is 0.310 e. The van der Waals surface area contributed by atoms with E-state index in [-0.39, 0.29) is 0 Å². The van der Waals surface area contributed by atoms with Crippen LogP contribution in [0.25, 0.3) is 0 Å². The van der Waals surface area contributed by atoms with Gasteiger partial charge in [-0.15, -0.1) is 11.8 Å². The number of rotatable bonds is 7. The number of hydrogen-bond donors (Lipinski definition) is 1. The predicted molar refractivity (Wildman–Crippen MR) is 83.6 cm³/mol. The standard InChI is InChI=1S/C15H24ClNS/c1-11(2)8-9-18-15-13(10-17-12(3)4)6-5-7-14(15)16/h5-7,11-12,17H,8-10H2,1-4H3. The summed E-state index contributed by atoms with van der Waals surface area (Å²) >= 11 is 8.19. The third kappa shape index (κ3) is 5.64. The first kappa shape index (κ1) is 15.9. The van der Waals surface area contributed by atoms with Gasteiger partial charge in [-0.05, 0) is 29.7 Å². The quantitative estimate of drug-likeness (QED) is 0.710. The van der Waals surface area contributed by atoms with Crippen LogP contribution in [0.2, 0.25) is 5.02 Å². The topological polar surface area (TPSA) is 12.0 Å². The zero-order valence-electron chi connectivity index (χ0n) is 11.8. The van der Waals surface area contributed by atoms with Gasteiger partial charge in [0, 0.05) is 17.5 Å². The lowest BCUT2D eigenvalue weighted by molar-refractivity contribution is 0.584. The van der Waals surface area contributed by atoms with Crippen LogP contribution in [0.1, 0.15) is 39.7 Å². The van der Waals surface area contributed by atoms with E-state index in [9.17, 15) is 0 Å². The van der Waals surface area contributed by atoms with Crippen LogP contribution in [-0.2, 0) is 6.54 Å². The van der Waals surface area contributed by atoms with Crippen LogP contribution in [-0.4, -0.2) is 11.8 Å². The summed E-state index contributed by atoms with van der Waals surface area (Å²) in [4.78, 5) is 1.24. The average Bonchev–Trinajstić information content (AvgIpc) is 2.28. The minimum absolute atomic E-state index is 0.498. The molecule has 0 saturated carbocycles. The maximum absolute atomic E-state index is 6.31. The van der Waals surface area contributed by atoms with Crippen LogP contribution in [0.15, 0.2) is 23.1 Å². The first-order valence-corrected chi connectivity index (χ1v) is 8.00. The molecule has 0 amide bonds. The number of nitrogens with one attached hydrogen (secondary N) is 1. The van der Waals surface area contributed by atoms with Crippen molar-refractivity contribution in [3.8, 4) is 0 Å². The van der Waals surface area contributed by atoms with E-state index in [0.29, 0.717) is 6.04 Å². The molecule has 1 N–H and O–H groups in total. The fourth-order valence-corrected chi connectivity index (χ4v) is 3.25. The molecule has 1 nitrogen and oxygen atoms in total. The van der Waals surface area contributed by atoms with Crippen molar-refractivity contribution in [3.63, 3.8) is 0 Å². The monoisotopic (exact) mass is 285 g/mol. The van der Waals surface area contributed by atoms with E-state index in [1.54, 1.807) is 0 Å². The fraction of sp³-hybridized carbons (Fsp3) is 0.600. The highest BCUT2D eigenvalue weighted by atomic mass is 35.5. The van der Waals surface area contributed by atoms with Crippen molar-refractivity contribution < 1.29 is 0 Å². The molecule has 1 aromatic rings. The fourth-order valence-electron chi connectivity index (χ4n) is 1.57. The summed E-state index contributed by atoms with van der Waals surface area (Å²) in [6.07, 6.45) is 1.23. The molecular formula is C15H24ClNS. The Morgan fingerprint density at radius 2 is 1.94 bits per heavy atom. The van der Waals surface area contributed by atoms with Crippen LogP contribution >= 0.6 is 23.4 Å². The Morgan fingerprint density at radius 3 is 2.56 bits per heavy atom. The Hall–Kier alpha value is -0.180. The third-order valence-corrected chi connectivity index (χ3v) is 4.33. The molecule has 3 heteroatoms. The Morgan fingerprint density at radius 1 is 1.22 bits per heavy atom. The highest BCUT2D eigenvalue weighted by Gasteiger charge is 2.08. The third-order valence-electron chi connectivity index (χ3n) is 2.69. The first-order chi connectivity index (χ1) is 8.50. The molecular weight excluding hydrogens is 262 g/mol. The molecule has 0 heterocycles. The molecule has 1 rings (SSSR count). The highest BCUT2D eigenvalue weighted by Crippen LogP contribution is 2.31. The molecule has 0 saturated heterocycles. The van der Waals surface area contributed by atoms with E-state index in [1.807, 2.05) is 23.9 Å². The molecule has 0 aliphatic rings. The normalized spacial score (nSPS) is 11.5. The van der Waals surface area contributed by atoms with Gasteiger partial charge in [-0.3, -0.25) is 0 Å². The minimum Gasteiger partial charge on any atom is -0.310 e. The predicted octanol–water partition coefficient (Wildman–Crippen LogP) is 4.98.